The van der Waals surface area contributed by atoms with Gasteiger partial charge in [-0.15, -0.1) is 12.6 Å². The van der Waals surface area contributed by atoms with Crippen LogP contribution in [0, 0.1) is 0 Å². The minimum absolute atomic E-state index is 0.694. The van der Waals surface area contributed by atoms with Gasteiger partial charge in [0.2, 0.25) is 0 Å². The molecule has 0 aliphatic rings. The second kappa shape index (κ2) is 5.89. The predicted octanol–water partition coefficient (Wildman–Crippen LogP) is 2.39. The van der Waals surface area contributed by atoms with E-state index in [1.807, 2.05) is 24.3 Å². The minimum atomic E-state index is 0.694. The Morgan fingerprint density at radius 1 is 1.15 bits per heavy atom. The number of hydrogen-bond donors (Lipinski definition) is 1. The Morgan fingerprint density at radius 3 is 2.46 bits per heavy atom. The van der Waals surface area contributed by atoms with Crippen LogP contribution in [-0.4, -0.2) is 20.3 Å². The van der Waals surface area contributed by atoms with Crippen LogP contribution in [0.4, 0.5) is 0 Å². The van der Waals surface area contributed by atoms with E-state index in [0.717, 1.165) is 23.7 Å². The van der Waals surface area contributed by atoms with Crippen LogP contribution in [0.25, 0.3) is 0 Å². The van der Waals surface area contributed by atoms with Gasteiger partial charge in [-0.1, -0.05) is 0 Å². The van der Waals surface area contributed by atoms with Crippen molar-refractivity contribution >= 4 is 12.6 Å². The lowest BCUT2D eigenvalue weighted by Crippen LogP contribution is -2.00. The highest BCUT2D eigenvalue weighted by Crippen LogP contribution is 2.14. The Kier molecular flexibility index (Phi) is 4.72. The number of rotatable bonds is 5. The van der Waals surface area contributed by atoms with Crippen LogP contribution in [0.1, 0.15) is 6.42 Å². The van der Waals surface area contributed by atoms with Gasteiger partial charge in [0, 0.05) is 25.0 Å². The molecule has 0 N–H and O–H groups in total. The molecule has 0 aliphatic heterocycles. The van der Waals surface area contributed by atoms with Gasteiger partial charge in [-0.3, -0.25) is 0 Å². The monoisotopic (exact) mass is 198 g/mol. The molecular weight excluding hydrogens is 184 g/mol. The maximum absolute atomic E-state index is 5.45. The summed E-state index contributed by atoms with van der Waals surface area (Å²) < 4.78 is 10.4. The molecule has 0 saturated carbocycles. The van der Waals surface area contributed by atoms with E-state index in [1.54, 1.807) is 7.11 Å². The lowest BCUT2D eigenvalue weighted by molar-refractivity contribution is 0.172. The summed E-state index contributed by atoms with van der Waals surface area (Å²) in [6.45, 7) is 1.43. The highest BCUT2D eigenvalue weighted by molar-refractivity contribution is 7.80. The van der Waals surface area contributed by atoms with Crippen molar-refractivity contribution in [2.45, 2.75) is 11.3 Å². The lowest BCUT2D eigenvalue weighted by Gasteiger charge is -2.05. The van der Waals surface area contributed by atoms with Crippen molar-refractivity contribution in [1.82, 2.24) is 0 Å². The van der Waals surface area contributed by atoms with Crippen LogP contribution in [-0.2, 0) is 4.74 Å². The van der Waals surface area contributed by atoms with Gasteiger partial charge in [-0.25, -0.2) is 0 Å². The van der Waals surface area contributed by atoms with Crippen LogP contribution in [0.3, 0.4) is 0 Å². The second-order valence-electron chi connectivity index (χ2n) is 2.69. The molecule has 3 heteroatoms. The van der Waals surface area contributed by atoms with E-state index in [4.69, 9.17) is 9.47 Å². The number of methoxy groups -OCH3 is 1. The first-order chi connectivity index (χ1) is 6.33. The van der Waals surface area contributed by atoms with Crippen LogP contribution >= 0.6 is 12.6 Å². The molecule has 0 heterocycles. The van der Waals surface area contributed by atoms with E-state index >= 15 is 0 Å². The van der Waals surface area contributed by atoms with E-state index in [0.29, 0.717) is 6.61 Å². The molecule has 2 nitrogen and oxygen atoms in total. The normalized spacial score (nSPS) is 10.0. The topological polar surface area (TPSA) is 18.5 Å². The number of benzene rings is 1. The quantitative estimate of drug-likeness (QED) is 0.578. The smallest absolute Gasteiger partial charge is 0.119 e. The number of hydrogen-bond acceptors (Lipinski definition) is 3. The average Bonchev–Trinajstić information content (AvgIpc) is 2.15. The molecule has 0 atom stereocenters. The van der Waals surface area contributed by atoms with Crippen molar-refractivity contribution < 1.29 is 9.47 Å². The van der Waals surface area contributed by atoms with E-state index < -0.39 is 0 Å². The molecular formula is C10H14O2S. The van der Waals surface area contributed by atoms with Crippen molar-refractivity contribution in [3.63, 3.8) is 0 Å². The second-order valence-corrected chi connectivity index (χ2v) is 3.21. The standard InChI is InChI=1S/C10H14O2S/c1-11-7-2-8-12-9-3-5-10(13)6-4-9/h3-6,13H,2,7-8H2,1H3. The zero-order chi connectivity index (χ0) is 9.52. The lowest BCUT2D eigenvalue weighted by atomic mass is 10.3. The van der Waals surface area contributed by atoms with Crippen LogP contribution < -0.4 is 4.74 Å². The van der Waals surface area contributed by atoms with Crippen LogP contribution in [0.15, 0.2) is 29.2 Å². The third-order valence-electron chi connectivity index (χ3n) is 1.60. The SMILES string of the molecule is COCCCOc1ccc(S)cc1. The summed E-state index contributed by atoms with van der Waals surface area (Å²) in [6, 6.07) is 7.65. The Balaban J connectivity index is 2.25. The fraction of sp³-hybridized carbons (Fsp3) is 0.400. The van der Waals surface area contributed by atoms with Crippen LogP contribution in [0.5, 0.6) is 5.75 Å². The van der Waals surface area contributed by atoms with Crippen molar-refractivity contribution in [3.05, 3.63) is 24.3 Å². The largest absolute Gasteiger partial charge is 0.494 e. The molecule has 72 valence electrons. The minimum Gasteiger partial charge on any atom is -0.494 e. The van der Waals surface area contributed by atoms with E-state index in [-0.39, 0.29) is 0 Å². The summed E-state index contributed by atoms with van der Waals surface area (Å²) in [5.74, 6) is 0.883. The van der Waals surface area contributed by atoms with Gasteiger partial charge in [-0.05, 0) is 24.3 Å². The summed E-state index contributed by atoms with van der Waals surface area (Å²) in [6.07, 6.45) is 0.916. The molecule has 1 rings (SSSR count). The van der Waals surface area contributed by atoms with Gasteiger partial charge in [0.15, 0.2) is 0 Å². The Labute approximate surface area is 84.3 Å². The van der Waals surface area contributed by atoms with Gasteiger partial charge in [0.25, 0.3) is 0 Å². The first-order valence-electron chi connectivity index (χ1n) is 4.23. The first kappa shape index (κ1) is 10.4. The molecule has 0 bridgehead atoms. The molecule has 13 heavy (non-hydrogen) atoms. The molecule has 0 aliphatic carbocycles. The van der Waals surface area contributed by atoms with Crippen LogP contribution in [0.2, 0.25) is 0 Å². The highest BCUT2D eigenvalue weighted by Gasteiger charge is 1.92. The maximum Gasteiger partial charge on any atom is 0.119 e. The average molecular weight is 198 g/mol. The summed E-state index contributed by atoms with van der Waals surface area (Å²) in [5, 5.41) is 0. The molecule has 0 saturated heterocycles. The summed E-state index contributed by atoms with van der Waals surface area (Å²) in [7, 11) is 1.69. The van der Waals surface area contributed by atoms with Crippen molar-refractivity contribution in [1.29, 1.82) is 0 Å². The summed E-state index contributed by atoms with van der Waals surface area (Å²) in [4.78, 5) is 0.948. The van der Waals surface area contributed by atoms with Gasteiger partial charge < -0.3 is 9.47 Å². The molecule has 0 aromatic heterocycles. The number of ether oxygens (including phenoxy) is 2. The zero-order valence-electron chi connectivity index (χ0n) is 7.69. The van der Waals surface area contributed by atoms with Crippen molar-refractivity contribution in [2.24, 2.45) is 0 Å². The zero-order valence-corrected chi connectivity index (χ0v) is 8.59. The van der Waals surface area contributed by atoms with Gasteiger partial charge in [0.1, 0.15) is 5.75 Å². The van der Waals surface area contributed by atoms with Gasteiger partial charge in [-0.2, -0.15) is 0 Å². The van der Waals surface area contributed by atoms with E-state index in [2.05, 4.69) is 12.6 Å². The molecule has 0 radical (unpaired) electrons. The van der Waals surface area contributed by atoms with Crippen molar-refractivity contribution in [3.8, 4) is 5.75 Å². The molecule has 0 fully saturated rings. The third kappa shape index (κ3) is 4.20. The predicted molar refractivity (Wildman–Crippen MR) is 55.7 cm³/mol. The Bertz CT molecular complexity index is 233. The van der Waals surface area contributed by atoms with Gasteiger partial charge in [0.05, 0.1) is 6.61 Å². The van der Waals surface area contributed by atoms with E-state index in [9.17, 15) is 0 Å². The fourth-order valence-electron chi connectivity index (χ4n) is 0.936. The first-order valence-corrected chi connectivity index (χ1v) is 4.68. The maximum atomic E-state index is 5.45. The molecule has 0 unspecified atom stereocenters. The van der Waals surface area contributed by atoms with Crippen molar-refractivity contribution in [2.75, 3.05) is 20.3 Å². The van der Waals surface area contributed by atoms with E-state index in [1.165, 1.54) is 0 Å². The third-order valence-corrected chi connectivity index (χ3v) is 1.90. The fourth-order valence-corrected chi connectivity index (χ4v) is 1.08. The van der Waals surface area contributed by atoms with Gasteiger partial charge >= 0.3 is 0 Å². The summed E-state index contributed by atoms with van der Waals surface area (Å²) >= 11 is 4.18. The molecule has 1 aromatic rings. The highest BCUT2D eigenvalue weighted by atomic mass is 32.1. The molecule has 0 amide bonds. The number of thiol groups is 1. The molecule has 1 aromatic carbocycles. The Hall–Kier alpha value is -0.670. The summed E-state index contributed by atoms with van der Waals surface area (Å²) in [5.41, 5.74) is 0. The Morgan fingerprint density at radius 2 is 1.85 bits per heavy atom. The molecule has 0 spiro atoms.